The van der Waals surface area contributed by atoms with Gasteiger partial charge in [0.1, 0.15) is 11.5 Å². The van der Waals surface area contributed by atoms with Crippen LogP contribution in [0.1, 0.15) is 55.3 Å². The Morgan fingerprint density at radius 3 is 2.41 bits per heavy atom. The lowest BCUT2D eigenvalue weighted by molar-refractivity contribution is -0.105. The molecule has 0 bridgehead atoms. The van der Waals surface area contributed by atoms with Crippen molar-refractivity contribution in [2.75, 3.05) is 10.6 Å². The number of aromatic nitrogens is 3. The maximum Gasteiger partial charge on any atom is 0.212 e. The lowest BCUT2D eigenvalue weighted by atomic mass is 10.2. The van der Waals surface area contributed by atoms with Gasteiger partial charge < -0.3 is 15.0 Å². The van der Waals surface area contributed by atoms with E-state index in [1.807, 2.05) is 24.3 Å². The molecule has 3 heterocycles. The number of anilines is 2. The first-order valence-electron chi connectivity index (χ1n) is 12.0. The van der Waals surface area contributed by atoms with E-state index in [9.17, 15) is 4.79 Å². The number of hydrogen-bond acceptors (Lipinski definition) is 4. The molecule has 0 spiro atoms. The zero-order valence-corrected chi connectivity index (χ0v) is 19.9. The summed E-state index contributed by atoms with van der Waals surface area (Å²) in [6.07, 6.45) is 12.1. The summed E-state index contributed by atoms with van der Waals surface area (Å²) in [7, 11) is 0. The van der Waals surface area contributed by atoms with Crippen molar-refractivity contribution in [1.82, 2.24) is 14.4 Å². The number of nitrogens with one attached hydrogen (secondary N) is 2. The first kappa shape index (κ1) is 23.5. The Bertz CT molecular complexity index is 1200. The van der Waals surface area contributed by atoms with Crippen LogP contribution in [0.25, 0.3) is 5.65 Å². The van der Waals surface area contributed by atoms with Crippen LogP contribution in [-0.4, -0.2) is 20.8 Å². The molecule has 34 heavy (non-hydrogen) atoms. The lowest BCUT2D eigenvalue weighted by Crippen LogP contribution is -2.02. The Balaban J connectivity index is 0.000000204. The monoisotopic (exact) mass is 455 g/mol. The van der Waals surface area contributed by atoms with Gasteiger partial charge in [-0.25, -0.2) is 9.97 Å². The number of pyridine rings is 2. The maximum absolute atomic E-state index is 10.5. The number of imidazole rings is 1. The summed E-state index contributed by atoms with van der Waals surface area (Å²) in [6, 6.07) is 18.2. The molecule has 2 N–H and O–H groups in total. The van der Waals surface area contributed by atoms with E-state index in [0.29, 0.717) is 18.8 Å². The minimum absolute atomic E-state index is 0.522. The van der Waals surface area contributed by atoms with Crippen LogP contribution in [0.15, 0.2) is 73.2 Å². The molecule has 1 amide bonds. The van der Waals surface area contributed by atoms with Gasteiger partial charge in [-0.05, 0) is 49.3 Å². The normalized spacial score (nSPS) is 14.3. The largest absolute Gasteiger partial charge is 0.379 e. The summed E-state index contributed by atoms with van der Waals surface area (Å²) in [4.78, 5) is 19.1. The molecular weight excluding hydrogens is 422 g/mol. The van der Waals surface area contributed by atoms with Crippen LogP contribution in [0.5, 0.6) is 0 Å². The fourth-order valence-electron chi connectivity index (χ4n) is 3.38. The highest BCUT2D eigenvalue weighted by atomic mass is 16.1. The minimum atomic E-state index is 0.522. The zero-order chi connectivity index (χ0) is 23.8. The summed E-state index contributed by atoms with van der Waals surface area (Å²) in [5.41, 5.74) is 5.54. The Kier molecular flexibility index (Phi) is 7.91. The third kappa shape index (κ3) is 7.44. The molecule has 176 valence electrons. The van der Waals surface area contributed by atoms with E-state index in [2.05, 4.69) is 75.5 Å². The van der Waals surface area contributed by atoms with Crippen LogP contribution >= 0.6 is 0 Å². The van der Waals surface area contributed by atoms with Gasteiger partial charge in [-0.2, -0.15) is 0 Å². The summed E-state index contributed by atoms with van der Waals surface area (Å²) in [5.74, 6) is 2.35. The number of nitrogens with zero attached hydrogens (tertiary/aromatic N) is 3. The average molecular weight is 456 g/mol. The van der Waals surface area contributed by atoms with Gasteiger partial charge in [0, 0.05) is 30.3 Å². The molecule has 6 heteroatoms. The third-order valence-electron chi connectivity index (χ3n) is 5.82. The number of carbonyl (C=O) groups is 1. The average Bonchev–Trinajstić information content (AvgIpc) is 3.79. The second-order valence-electron chi connectivity index (χ2n) is 9.12. The molecule has 0 atom stereocenters. The van der Waals surface area contributed by atoms with E-state index in [1.54, 1.807) is 12.3 Å². The molecule has 0 radical (unpaired) electrons. The van der Waals surface area contributed by atoms with Crippen molar-refractivity contribution in [3.05, 3.63) is 90.0 Å². The summed E-state index contributed by atoms with van der Waals surface area (Å²) >= 11 is 0. The van der Waals surface area contributed by atoms with Crippen LogP contribution in [0.4, 0.5) is 11.5 Å². The number of carbonyl (C=O) groups excluding carboxylic acids is 1. The second kappa shape index (κ2) is 11.5. The van der Waals surface area contributed by atoms with Crippen LogP contribution in [0, 0.1) is 12.8 Å². The van der Waals surface area contributed by atoms with E-state index in [0.717, 1.165) is 28.9 Å². The predicted octanol–water partition coefficient (Wildman–Crippen LogP) is 6.20. The van der Waals surface area contributed by atoms with Gasteiger partial charge in [-0.15, -0.1) is 0 Å². The van der Waals surface area contributed by atoms with Crippen LogP contribution in [0.2, 0.25) is 0 Å². The van der Waals surface area contributed by atoms with Crippen LogP contribution in [0.3, 0.4) is 0 Å². The third-order valence-corrected chi connectivity index (χ3v) is 5.82. The van der Waals surface area contributed by atoms with Crippen molar-refractivity contribution < 1.29 is 4.79 Å². The van der Waals surface area contributed by atoms with Crippen molar-refractivity contribution in [3.8, 4) is 0 Å². The molecule has 4 aromatic rings. The Morgan fingerprint density at radius 1 is 1.03 bits per heavy atom. The smallest absolute Gasteiger partial charge is 0.212 e. The molecule has 3 aromatic heterocycles. The first-order chi connectivity index (χ1) is 16.6. The summed E-state index contributed by atoms with van der Waals surface area (Å²) < 4.78 is 2.09. The number of hydrogen-bond donors (Lipinski definition) is 2. The molecule has 0 saturated heterocycles. The standard InChI is InChI=1S/C17H17N5O.C7H8.C4H8/c23-11-20-16-7-14(5-6-18-16)19-8-15-10-22-9-13(12-1-2-12)3-4-17(22)21-15;1-7-5-3-2-4-6-7;1-4-2-3-4/h3-7,9-12H,1-2,8H2,(H2,18,19,20,23);2-6H,1H3;4H,2-3H2,1H3. The summed E-state index contributed by atoms with van der Waals surface area (Å²) in [6.45, 7) is 4.98. The summed E-state index contributed by atoms with van der Waals surface area (Å²) in [5, 5.41) is 5.84. The highest BCUT2D eigenvalue weighted by Crippen LogP contribution is 2.39. The topological polar surface area (TPSA) is 71.3 Å². The van der Waals surface area contributed by atoms with E-state index >= 15 is 0 Å². The molecule has 0 unspecified atom stereocenters. The van der Waals surface area contributed by atoms with Gasteiger partial charge >= 0.3 is 0 Å². The SMILES string of the molecule is CC1CC1.Cc1ccccc1.O=CNc1cc(NCc2cn3cc(C4CC4)ccc3n2)ccn1. The van der Waals surface area contributed by atoms with Gasteiger partial charge in [0.05, 0.1) is 12.2 Å². The van der Waals surface area contributed by atoms with E-state index in [-0.39, 0.29) is 0 Å². The Morgan fingerprint density at radius 2 is 1.79 bits per heavy atom. The van der Waals surface area contributed by atoms with Gasteiger partial charge in [0.25, 0.3) is 0 Å². The molecule has 0 aliphatic heterocycles. The number of aryl methyl sites for hydroxylation is 1. The second-order valence-corrected chi connectivity index (χ2v) is 9.12. The number of amides is 1. The first-order valence-corrected chi connectivity index (χ1v) is 12.0. The fourth-order valence-corrected chi connectivity index (χ4v) is 3.38. The number of rotatable bonds is 6. The van der Waals surface area contributed by atoms with Crippen molar-refractivity contribution in [2.24, 2.45) is 5.92 Å². The Labute approximate surface area is 201 Å². The van der Waals surface area contributed by atoms with Crippen LogP contribution in [-0.2, 0) is 11.3 Å². The quantitative estimate of drug-likeness (QED) is 0.340. The maximum atomic E-state index is 10.5. The van der Waals surface area contributed by atoms with Crippen molar-refractivity contribution in [2.45, 2.75) is 52.0 Å². The molecule has 2 fully saturated rings. The fraction of sp³-hybridized carbons (Fsp3) is 0.321. The molecule has 2 aliphatic rings. The van der Waals surface area contributed by atoms with E-state index in [4.69, 9.17) is 0 Å². The van der Waals surface area contributed by atoms with Crippen LogP contribution < -0.4 is 10.6 Å². The molecule has 1 aromatic carbocycles. The zero-order valence-electron chi connectivity index (χ0n) is 19.9. The van der Waals surface area contributed by atoms with Crippen molar-refractivity contribution in [1.29, 1.82) is 0 Å². The lowest BCUT2D eigenvalue weighted by Gasteiger charge is -2.05. The van der Waals surface area contributed by atoms with E-state index in [1.165, 1.54) is 36.8 Å². The molecule has 2 saturated carbocycles. The van der Waals surface area contributed by atoms with Crippen molar-refractivity contribution in [3.63, 3.8) is 0 Å². The van der Waals surface area contributed by atoms with Gasteiger partial charge in [-0.3, -0.25) is 4.79 Å². The molecule has 2 aliphatic carbocycles. The molecular formula is C28H33N5O. The van der Waals surface area contributed by atoms with Crippen molar-refractivity contribution >= 4 is 23.6 Å². The van der Waals surface area contributed by atoms with Gasteiger partial charge in [0.15, 0.2) is 0 Å². The Hall–Kier alpha value is -3.67. The molecule has 6 rings (SSSR count). The highest BCUT2D eigenvalue weighted by molar-refractivity contribution is 5.70. The molecule has 6 nitrogen and oxygen atoms in total. The minimum Gasteiger partial charge on any atom is -0.379 e. The predicted molar refractivity (Wildman–Crippen MR) is 138 cm³/mol. The van der Waals surface area contributed by atoms with Gasteiger partial charge in [-0.1, -0.05) is 61.7 Å². The van der Waals surface area contributed by atoms with Gasteiger partial charge in [0.2, 0.25) is 6.41 Å². The number of benzene rings is 1. The number of fused-ring (bicyclic) bond motifs is 1. The highest BCUT2D eigenvalue weighted by Gasteiger charge is 2.23. The van der Waals surface area contributed by atoms with E-state index < -0.39 is 0 Å².